The topological polar surface area (TPSA) is 76.2 Å². The molecule has 0 atom stereocenters. The van der Waals surface area contributed by atoms with Gasteiger partial charge in [-0.2, -0.15) is 4.31 Å². The lowest BCUT2D eigenvalue weighted by Gasteiger charge is -2.33. The van der Waals surface area contributed by atoms with Gasteiger partial charge in [0.05, 0.1) is 5.02 Å². The van der Waals surface area contributed by atoms with Crippen molar-refractivity contribution in [2.75, 3.05) is 33.0 Å². The minimum absolute atomic E-state index is 0.0753. The van der Waals surface area contributed by atoms with Crippen LogP contribution in [-0.4, -0.2) is 56.5 Å². The van der Waals surface area contributed by atoms with Gasteiger partial charge in [0.2, 0.25) is 6.79 Å². The molecule has 1 aromatic carbocycles. The lowest BCUT2D eigenvalue weighted by atomic mass is 10.1. The monoisotopic (exact) mass is 414 g/mol. The second-order valence-corrected chi connectivity index (χ2v) is 9.34. The number of nitrogens with zero attached hydrogens (tertiary/aromatic N) is 2. The standard InChI is InChI=1S/C16H15ClN2O5S2/c17-12-8-11(9-13-15(12)24-10-23-13)16(20)18-3-5-19(6-4-18)26(21,22)14-2-1-7-25-14/h1-2,7-9H,3-6,10H2. The van der Waals surface area contributed by atoms with Crippen LogP contribution >= 0.6 is 22.9 Å². The highest BCUT2D eigenvalue weighted by Crippen LogP contribution is 2.40. The fraction of sp³-hybridized carbons (Fsp3) is 0.312. The van der Waals surface area contributed by atoms with E-state index in [4.69, 9.17) is 21.1 Å². The summed E-state index contributed by atoms with van der Waals surface area (Å²) in [4.78, 5) is 14.4. The van der Waals surface area contributed by atoms with Crippen LogP contribution in [0.3, 0.4) is 0 Å². The Morgan fingerprint density at radius 3 is 2.62 bits per heavy atom. The van der Waals surface area contributed by atoms with Gasteiger partial charge in [0.25, 0.3) is 15.9 Å². The number of thiophene rings is 1. The molecule has 0 spiro atoms. The van der Waals surface area contributed by atoms with Crippen molar-refractivity contribution in [2.45, 2.75) is 4.21 Å². The Balaban J connectivity index is 1.47. The zero-order valence-corrected chi connectivity index (χ0v) is 15.9. The predicted octanol–water partition coefficient (Wildman–Crippen LogP) is 2.28. The second-order valence-electron chi connectivity index (χ2n) is 5.82. The normalized spacial score (nSPS) is 17.5. The van der Waals surface area contributed by atoms with Gasteiger partial charge in [-0.1, -0.05) is 17.7 Å². The van der Waals surface area contributed by atoms with E-state index >= 15 is 0 Å². The Bertz CT molecular complexity index is 938. The largest absolute Gasteiger partial charge is 0.454 e. The van der Waals surface area contributed by atoms with Crippen LogP contribution in [0.2, 0.25) is 5.02 Å². The van der Waals surface area contributed by atoms with Crippen molar-refractivity contribution >= 4 is 38.9 Å². The third kappa shape index (κ3) is 3.05. The van der Waals surface area contributed by atoms with Crippen LogP contribution in [0, 0.1) is 0 Å². The molecule has 2 aliphatic rings. The summed E-state index contributed by atoms with van der Waals surface area (Å²) in [5.41, 5.74) is 0.397. The van der Waals surface area contributed by atoms with Crippen LogP contribution < -0.4 is 9.47 Å². The maximum Gasteiger partial charge on any atom is 0.254 e. The maximum atomic E-state index is 12.7. The Labute approximate surface area is 159 Å². The van der Waals surface area contributed by atoms with Gasteiger partial charge in [-0.15, -0.1) is 11.3 Å². The number of fused-ring (bicyclic) bond motifs is 1. The molecular formula is C16H15ClN2O5S2. The van der Waals surface area contributed by atoms with Crippen molar-refractivity contribution in [1.82, 2.24) is 9.21 Å². The summed E-state index contributed by atoms with van der Waals surface area (Å²) in [6, 6.07) is 6.45. The summed E-state index contributed by atoms with van der Waals surface area (Å²) in [6.07, 6.45) is 0. The highest BCUT2D eigenvalue weighted by Gasteiger charge is 2.31. The Kier molecular flexibility index (Phi) is 4.55. The number of hydrogen-bond acceptors (Lipinski definition) is 6. The number of hydrogen-bond donors (Lipinski definition) is 0. The minimum atomic E-state index is -3.49. The molecular weight excluding hydrogens is 400 g/mol. The molecule has 0 N–H and O–H groups in total. The van der Waals surface area contributed by atoms with Crippen molar-refractivity contribution in [3.8, 4) is 11.5 Å². The van der Waals surface area contributed by atoms with Crippen LogP contribution in [0.25, 0.3) is 0 Å². The zero-order valence-electron chi connectivity index (χ0n) is 13.6. The van der Waals surface area contributed by atoms with E-state index in [0.717, 1.165) is 0 Å². The average Bonchev–Trinajstić information content (AvgIpc) is 3.33. The van der Waals surface area contributed by atoms with Crippen molar-refractivity contribution < 1.29 is 22.7 Å². The van der Waals surface area contributed by atoms with E-state index in [2.05, 4.69) is 0 Å². The molecule has 4 rings (SSSR count). The number of sulfonamides is 1. The summed E-state index contributed by atoms with van der Waals surface area (Å²) in [5, 5.41) is 2.05. The first-order valence-electron chi connectivity index (χ1n) is 7.89. The first-order chi connectivity index (χ1) is 12.5. The Morgan fingerprint density at radius 2 is 1.92 bits per heavy atom. The number of carbonyl (C=O) groups is 1. The van der Waals surface area contributed by atoms with E-state index in [9.17, 15) is 13.2 Å². The molecule has 1 aromatic heterocycles. The molecule has 0 unspecified atom stereocenters. The van der Waals surface area contributed by atoms with Crippen LogP contribution in [0.15, 0.2) is 33.9 Å². The van der Waals surface area contributed by atoms with Crippen molar-refractivity contribution in [3.63, 3.8) is 0 Å². The molecule has 2 aromatic rings. The van der Waals surface area contributed by atoms with Gasteiger partial charge in [0.1, 0.15) is 4.21 Å². The molecule has 2 aliphatic heterocycles. The molecule has 26 heavy (non-hydrogen) atoms. The molecule has 7 nitrogen and oxygen atoms in total. The average molecular weight is 415 g/mol. The summed E-state index contributed by atoms with van der Waals surface area (Å²) in [6.45, 7) is 1.21. The van der Waals surface area contributed by atoms with E-state index in [1.54, 1.807) is 34.5 Å². The SMILES string of the molecule is O=C(c1cc(Cl)c2c(c1)OCO2)N1CCN(S(=O)(=O)c2cccs2)CC1. The van der Waals surface area contributed by atoms with Gasteiger partial charge < -0.3 is 14.4 Å². The van der Waals surface area contributed by atoms with Crippen molar-refractivity contribution in [3.05, 3.63) is 40.2 Å². The molecule has 10 heteroatoms. The maximum absolute atomic E-state index is 12.7. The molecule has 0 saturated carbocycles. The highest BCUT2D eigenvalue weighted by molar-refractivity contribution is 7.91. The molecule has 3 heterocycles. The molecule has 138 valence electrons. The van der Waals surface area contributed by atoms with Gasteiger partial charge in [-0.3, -0.25) is 4.79 Å². The summed E-state index contributed by atoms with van der Waals surface area (Å²) < 4.78 is 37.4. The molecule has 0 bridgehead atoms. The lowest BCUT2D eigenvalue weighted by molar-refractivity contribution is 0.0697. The molecule has 1 saturated heterocycles. The van der Waals surface area contributed by atoms with Crippen LogP contribution in [0.5, 0.6) is 11.5 Å². The highest BCUT2D eigenvalue weighted by atomic mass is 35.5. The first-order valence-corrected chi connectivity index (χ1v) is 10.6. The van der Waals surface area contributed by atoms with Crippen LogP contribution in [0.4, 0.5) is 0 Å². The number of rotatable bonds is 3. The second kappa shape index (κ2) is 6.73. The third-order valence-corrected chi connectivity index (χ3v) is 7.84. The Hall–Kier alpha value is -1.81. The zero-order chi connectivity index (χ0) is 18.3. The predicted molar refractivity (Wildman–Crippen MR) is 96.6 cm³/mol. The first kappa shape index (κ1) is 17.6. The van der Waals surface area contributed by atoms with E-state index < -0.39 is 10.0 Å². The number of piperazine rings is 1. The number of halogens is 1. The third-order valence-electron chi connectivity index (χ3n) is 4.29. The van der Waals surface area contributed by atoms with Crippen LogP contribution in [-0.2, 0) is 10.0 Å². The molecule has 0 aliphatic carbocycles. The smallest absolute Gasteiger partial charge is 0.254 e. The summed E-state index contributed by atoms with van der Waals surface area (Å²) in [5.74, 6) is 0.674. The molecule has 0 radical (unpaired) electrons. The summed E-state index contributed by atoms with van der Waals surface area (Å²) in [7, 11) is -3.49. The number of benzene rings is 1. The van der Waals surface area contributed by atoms with E-state index in [-0.39, 0.29) is 25.8 Å². The van der Waals surface area contributed by atoms with Crippen molar-refractivity contribution in [1.29, 1.82) is 0 Å². The number of ether oxygens (including phenoxy) is 2. The van der Waals surface area contributed by atoms with Crippen LogP contribution in [0.1, 0.15) is 10.4 Å². The van der Waals surface area contributed by atoms with Gasteiger partial charge >= 0.3 is 0 Å². The minimum Gasteiger partial charge on any atom is -0.454 e. The quantitative estimate of drug-likeness (QED) is 0.770. The van der Waals surface area contributed by atoms with E-state index in [1.807, 2.05) is 0 Å². The Morgan fingerprint density at radius 1 is 1.15 bits per heavy atom. The van der Waals surface area contributed by atoms with Crippen molar-refractivity contribution in [2.24, 2.45) is 0 Å². The number of amides is 1. The number of carbonyl (C=O) groups excluding carboxylic acids is 1. The lowest BCUT2D eigenvalue weighted by Crippen LogP contribution is -2.50. The molecule has 1 amide bonds. The fourth-order valence-corrected chi connectivity index (χ4v) is 5.77. The van der Waals surface area contributed by atoms with Gasteiger partial charge in [-0.05, 0) is 23.6 Å². The summed E-state index contributed by atoms with van der Waals surface area (Å²) >= 11 is 7.33. The van der Waals surface area contributed by atoms with Gasteiger partial charge in [0, 0.05) is 31.7 Å². The van der Waals surface area contributed by atoms with E-state index in [1.165, 1.54) is 15.6 Å². The molecule has 1 fully saturated rings. The van der Waals surface area contributed by atoms with E-state index in [0.29, 0.717) is 39.4 Å². The van der Waals surface area contributed by atoms with Gasteiger partial charge in [0.15, 0.2) is 11.5 Å². The fourth-order valence-electron chi connectivity index (χ4n) is 2.94. The van der Waals surface area contributed by atoms with Gasteiger partial charge in [-0.25, -0.2) is 8.42 Å².